The zero-order valence-corrected chi connectivity index (χ0v) is 12.2. The Morgan fingerprint density at radius 1 is 1.53 bits per heavy atom. The summed E-state index contributed by atoms with van der Waals surface area (Å²) in [4.78, 5) is 11.8. The molecule has 0 bridgehead atoms. The van der Waals surface area contributed by atoms with Crippen molar-refractivity contribution in [1.82, 2.24) is 9.78 Å². The highest BCUT2D eigenvalue weighted by atomic mass is 16.5. The minimum Gasteiger partial charge on any atom is -0.469 e. The van der Waals surface area contributed by atoms with E-state index in [4.69, 9.17) is 4.74 Å². The summed E-state index contributed by atoms with van der Waals surface area (Å²) in [7, 11) is 1.35. The SMILES string of the molecule is CCCCC(C(=O)OC)C(O)c1cnn(C(C)C)c1. The summed E-state index contributed by atoms with van der Waals surface area (Å²) >= 11 is 0. The molecule has 0 aliphatic rings. The van der Waals surface area contributed by atoms with Gasteiger partial charge in [0.1, 0.15) is 0 Å². The Kier molecular flexibility index (Phi) is 6.02. The summed E-state index contributed by atoms with van der Waals surface area (Å²) in [5.74, 6) is -0.881. The Labute approximate surface area is 114 Å². The second-order valence-electron chi connectivity index (χ2n) is 5.06. The van der Waals surface area contributed by atoms with Crippen LogP contribution in [0.3, 0.4) is 0 Å². The summed E-state index contributed by atoms with van der Waals surface area (Å²) in [6.45, 7) is 6.08. The van der Waals surface area contributed by atoms with Gasteiger partial charge in [0.2, 0.25) is 0 Å². The summed E-state index contributed by atoms with van der Waals surface area (Å²) in [5, 5.41) is 14.5. The van der Waals surface area contributed by atoms with Gasteiger partial charge in [0.25, 0.3) is 0 Å². The summed E-state index contributed by atoms with van der Waals surface area (Å²) in [6, 6.07) is 0.230. The maximum absolute atomic E-state index is 11.8. The second-order valence-corrected chi connectivity index (χ2v) is 5.06. The van der Waals surface area contributed by atoms with Crippen LogP contribution in [-0.4, -0.2) is 28.0 Å². The first kappa shape index (κ1) is 15.7. The van der Waals surface area contributed by atoms with Crippen LogP contribution in [0, 0.1) is 5.92 Å². The maximum Gasteiger partial charge on any atom is 0.311 e. The highest BCUT2D eigenvalue weighted by Crippen LogP contribution is 2.27. The zero-order valence-electron chi connectivity index (χ0n) is 12.2. The third-order valence-corrected chi connectivity index (χ3v) is 3.25. The van der Waals surface area contributed by atoms with Gasteiger partial charge in [-0.3, -0.25) is 9.48 Å². The van der Waals surface area contributed by atoms with Gasteiger partial charge in [0.15, 0.2) is 0 Å². The number of unbranched alkanes of at least 4 members (excludes halogenated alkanes) is 1. The normalized spacial score (nSPS) is 14.4. The standard InChI is InChI=1S/C14H24N2O3/c1-5-6-7-12(14(18)19-4)13(17)11-8-15-16(9-11)10(2)3/h8-10,12-13,17H,5-7H2,1-4H3. The number of carbonyl (C=O) groups is 1. The molecule has 0 aliphatic carbocycles. The lowest BCUT2D eigenvalue weighted by atomic mass is 9.92. The number of hydrogen-bond acceptors (Lipinski definition) is 4. The van der Waals surface area contributed by atoms with Gasteiger partial charge in [-0.15, -0.1) is 0 Å². The van der Waals surface area contributed by atoms with Crippen LogP contribution in [0.1, 0.15) is 57.7 Å². The number of nitrogens with zero attached hydrogens (tertiary/aromatic N) is 2. The van der Waals surface area contributed by atoms with Gasteiger partial charge in [-0.25, -0.2) is 0 Å². The molecule has 0 aliphatic heterocycles. The number of aliphatic hydroxyl groups excluding tert-OH is 1. The van der Waals surface area contributed by atoms with Crippen molar-refractivity contribution >= 4 is 5.97 Å². The van der Waals surface area contributed by atoms with Gasteiger partial charge < -0.3 is 9.84 Å². The van der Waals surface area contributed by atoms with E-state index in [0.29, 0.717) is 12.0 Å². The fraction of sp³-hybridized carbons (Fsp3) is 0.714. The molecule has 1 rings (SSSR count). The van der Waals surface area contributed by atoms with Gasteiger partial charge in [-0.2, -0.15) is 5.10 Å². The van der Waals surface area contributed by atoms with Crippen molar-refractivity contribution in [2.75, 3.05) is 7.11 Å². The van der Waals surface area contributed by atoms with Crippen molar-refractivity contribution in [1.29, 1.82) is 0 Å². The van der Waals surface area contributed by atoms with E-state index < -0.39 is 12.0 Å². The molecule has 1 heterocycles. The van der Waals surface area contributed by atoms with E-state index in [1.165, 1.54) is 7.11 Å². The number of aromatic nitrogens is 2. The fourth-order valence-electron chi connectivity index (χ4n) is 2.00. The van der Waals surface area contributed by atoms with Crippen molar-refractivity contribution in [2.24, 2.45) is 5.92 Å². The van der Waals surface area contributed by atoms with Crippen LogP contribution < -0.4 is 0 Å². The molecule has 1 aromatic heterocycles. The highest BCUT2D eigenvalue weighted by Gasteiger charge is 2.29. The Bertz CT molecular complexity index is 401. The molecular formula is C14H24N2O3. The number of carbonyl (C=O) groups excluding carboxylic acids is 1. The first-order chi connectivity index (χ1) is 9.01. The molecule has 0 aromatic carbocycles. The Morgan fingerprint density at radius 3 is 2.68 bits per heavy atom. The third kappa shape index (κ3) is 4.06. The largest absolute Gasteiger partial charge is 0.469 e. The van der Waals surface area contributed by atoms with Crippen molar-refractivity contribution in [3.05, 3.63) is 18.0 Å². The molecule has 5 heteroatoms. The molecule has 2 atom stereocenters. The van der Waals surface area contributed by atoms with Crippen LogP contribution in [0.4, 0.5) is 0 Å². The van der Waals surface area contributed by atoms with Crippen LogP contribution in [0.5, 0.6) is 0 Å². The lowest BCUT2D eigenvalue weighted by molar-refractivity contribution is -0.150. The average Bonchev–Trinajstić information content (AvgIpc) is 2.88. The monoisotopic (exact) mass is 268 g/mol. The Morgan fingerprint density at radius 2 is 2.21 bits per heavy atom. The third-order valence-electron chi connectivity index (χ3n) is 3.25. The Hall–Kier alpha value is -1.36. The minimum atomic E-state index is -0.855. The van der Waals surface area contributed by atoms with Crippen molar-refractivity contribution in [2.45, 2.75) is 52.2 Å². The van der Waals surface area contributed by atoms with E-state index in [9.17, 15) is 9.90 Å². The van der Waals surface area contributed by atoms with Crippen LogP contribution >= 0.6 is 0 Å². The molecular weight excluding hydrogens is 244 g/mol. The van der Waals surface area contributed by atoms with Crippen molar-refractivity contribution < 1.29 is 14.6 Å². The summed E-state index contributed by atoms with van der Waals surface area (Å²) in [5.41, 5.74) is 0.667. The number of esters is 1. The van der Waals surface area contributed by atoms with Crippen molar-refractivity contribution in [3.8, 4) is 0 Å². The first-order valence-corrected chi connectivity index (χ1v) is 6.81. The quantitative estimate of drug-likeness (QED) is 0.772. The van der Waals surface area contributed by atoms with Gasteiger partial charge in [0.05, 0.1) is 25.3 Å². The average molecular weight is 268 g/mol. The molecule has 0 radical (unpaired) electrons. The molecule has 0 saturated carbocycles. The molecule has 19 heavy (non-hydrogen) atoms. The molecule has 1 aromatic rings. The van der Waals surface area contributed by atoms with Crippen LogP contribution in [0.2, 0.25) is 0 Å². The molecule has 0 fully saturated rings. The number of methoxy groups -OCH3 is 1. The van der Waals surface area contributed by atoms with Gasteiger partial charge in [-0.05, 0) is 20.3 Å². The topological polar surface area (TPSA) is 64.3 Å². The molecule has 108 valence electrons. The Balaban J connectivity index is 2.84. The predicted octanol–water partition coefficient (Wildman–Crippen LogP) is 2.48. The lowest BCUT2D eigenvalue weighted by Gasteiger charge is -2.19. The van der Waals surface area contributed by atoms with Crippen molar-refractivity contribution in [3.63, 3.8) is 0 Å². The lowest BCUT2D eigenvalue weighted by Crippen LogP contribution is -2.23. The number of ether oxygens (including phenoxy) is 1. The number of aliphatic hydroxyl groups is 1. The van der Waals surface area contributed by atoms with Crippen LogP contribution in [-0.2, 0) is 9.53 Å². The van der Waals surface area contributed by atoms with E-state index in [-0.39, 0.29) is 12.0 Å². The van der Waals surface area contributed by atoms with Gasteiger partial charge >= 0.3 is 5.97 Å². The second kappa shape index (κ2) is 7.28. The number of rotatable bonds is 7. The van der Waals surface area contributed by atoms with Crippen LogP contribution in [0.25, 0.3) is 0 Å². The van der Waals surface area contributed by atoms with E-state index in [1.807, 2.05) is 13.8 Å². The smallest absolute Gasteiger partial charge is 0.311 e. The fourth-order valence-corrected chi connectivity index (χ4v) is 2.00. The molecule has 5 nitrogen and oxygen atoms in total. The zero-order chi connectivity index (χ0) is 14.4. The maximum atomic E-state index is 11.8. The summed E-state index contributed by atoms with van der Waals surface area (Å²) in [6.07, 6.45) is 5.04. The first-order valence-electron chi connectivity index (χ1n) is 6.81. The molecule has 0 amide bonds. The van der Waals surface area contributed by atoms with Gasteiger partial charge in [-0.1, -0.05) is 19.8 Å². The minimum absolute atomic E-state index is 0.230. The van der Waals surface area contributed by atoms with Crippen LogP contribution in [0.15, 0.2) is 12.4 Å². The molecule has 1 N–H and O–H groups in total. The predicted molar refractivity (Wildman–Crippen MR) is 72.6 cm³/mol. The molecule has 0 saturated heterocycles. The number of hydrogen-bond donors (Lipinski definition) is 1. The van der Waals surface area contributed by atoms with E-state index in [2.05, 4.69) is 12.0 Å². The van der Waals surface area contributed by atoms with E-state index in [1.54, 1.807) is 17.1 Å². The molecule has 0 spiro atoms. The highest BCUT2D eigenvalue weighted by molar-refractivity contribution is 5.73. The van der Waals surface area contributed by atoms with E-state index >= 15 is 0 Å². The summed E-state index contributed by atoms with van der Waals surface area (Å²) < 4.78 is 6.55. The van der Waals surface area contributed by atoms with Gasteiger partial charge in [0, 0.05) is 17.8 Å². The van der Waals surface area contributed by atoms with E-state index in [0.717, 1.165) is 12.8 Å². The molecule has 2 unspecified atom stereocenters.